The fraction of sp³-hybridized carbons (Fsp3) is 0.304. The van der Waals surface area contributed by atoms with Crippen LogP contribution in [0.3, 0.4) is 0 Å². The Morgan fingerprint density at radius 1 is 1.13 bits per heavy atom. The number of hydrogen-bond donors (Lipinski definition) is 1. The maximum absolute atomic E-state index is 12.9. The first-order valence-corrected chi connectivity index (χ1v) is 9.58. The Bertz CT molecular complexity index is 895. The van der Waals surface area contributed by atoms with Gasteiger partial charge in [0.15, 0.2) is 11.5 Å². The van der Waals surface area contributed by atoms with Crippen LogP contribution >= 0.6 is 0 Å². The molecule has 2 aromatic carbocycles. The van der Waals surface area contributed by atoms with Gasteiger partial charge in [-0.15, -0.1) is 0 Å². The van der Waals surface area contributed by atoms with Crippen LogP contribution in [0.2, 0.25) is 0 Å². The Morgan fingerprint density at radius 3 is 2.47 bits per heavy atom. The van der Waals surface area contributed by atoms with E-state index in [1.807, 2.05) is 6.07 Å². The van der Waals surface area contributed by atoms with Gasteiger partial charge in [0.1, 0.15) is 5.82 Å². The van der Waals surface area contributed by atoms with Crippen LogP contribution in [0.5, 0.6) is 11.5 Å². The van der Waals surface area contributed by atoms with Gasteiger partial charge in [-0.1, -0.05) is 19.9 Å². The van der Waals surface area contributed by atoms with Crippen LogP contribution in [-0.2, 0) is 9.59 Å². The molecule has 0 fully saturated rings. The SMILES string of the molecule is COc1cc(/C=C/C(=O)N(C)CC(=O)Nc2ccc(F)cc2)ccc1OCC(C)C. The Labute approximate surface area is 176 Å². The van der Waals surface area contributed by atoms with Crippen LogP contribution in [0.4, 0.5) is 10.1 Å². The van der Waals surface area contributed by atoms with E-state index in [9.17, 15) is 14.0 Å². The highest BCUT2D eigenvalue weighted by Crippen LogP contribution is 2.29. The van der Waals surface area contributed by atoms with E-state index in [-0.39, 0.29) is 24.2 Å². The number of amides is 2. The first-order chi connectivity index (χ1) is 14.3. The second-order valence-electron chi connectivity index (χ2n) is 7.20. The summed E-state index contributed by atoms with van der Waals surface area (Å²) in [6.45, 7) is 4.57. The number of methoxy groups -OCH3 is 1. The topological polar surface area (TPSA) is 67.9 Å². The Hall–Kier alpha value is -3.35. The molecule has 0 radical (unpaired) electrons. The molecule has 0 bridgehead atoms. The van der Waals surface area contributed by atoms with Gasteiger partial charge in [-0.2, -0.15) is 0 Å². The number of likely N-dealkylation sites (N-methyl/N-ethyl adjacent to an activating group) is 1. The zero-order chi connectivity index (χ0) is 22.1. The minimum atomic E-state index is -0.387. The van der Waals surface area contributed by atoms with Gasteiger partial charge in [-0.25, -0.2) is 4.39 Å². The molecule has 0 aliphatic rings. The van der Waals surface area contributed by atoms with Crippen molar-refractivity contribution in [3.8, 4) is 11.5 Å². The van der Waals surface area contributed by atoms with Crippen molar-refractivity contribution in [2.24, 2.45) is 5.92 Å². The number of benzene rings is 2. The molecule has 0 aromatic heterocycles. The summed E-state index contributed by atoms with van der Waals surface area (Å²) in [5, 5.41) is 2.62. The third-order valence-electron chi connectivity index (χ3n) is 4.06. The summed E-state index contributed by atoms with van der Waals surface area (Å²) < 4.78 is 24.0. The number of carbonyl (C=O) groups excluding carboxylic acids is 2. The van der Waals surface area contributed by atoms with Crippen LogP contribution < -0.4 is 14.8 Å². The van der Waals surface area contributed by atoms with E-state index in [1.165, 1.54) is 42.3 Å². The van der Waals surface area contributed by atoms with Crippen molar-refractivity contribution in [3.63, 3.8) is 0 Å². The van der Waals surface area contributed by atoms with Gasteiger partial charge in [0, 0.05) is 18.8 Å². The van der Waals surface area contributed by atoms with Crippen LogP contribution in [0, 0.1) is 11.7 Å². The lowest BCUT2D eigenvalue weighted by molar-refractivity contribution is -0.129. The van der Waals surface area contributed by atoms with E-state index in [4.69, 9.17) is 9.47 Å². The zero-order valence-corrected chi connectivity index (χ0v) is 17.6. The van der Waals surface area contributed by atoms with Crippen molar-refractivity contribution in [1.82, 2.24) is 4.90 Å². The quantitative estimate of drug-likeness (QED) is 0.631. The molecule has 7 heteroatoms. The van der Waals surface area contributed by atoms with Gasteiger partial charge in [0.25, 0.3) is 0 Å². The molecule has 2 amide bonds. The van der Waals surface area contributed by atoms with E-state index in [1.54, 1.807) is 25.3 Å². The van der Waals surface area contributed by atoms with Crippen molar-refractivity contribution < 1.29 is 23.5 Å². The molecule has 0 saturated heterocycles. The lowest BCUT2D eigenvalue weighted by Gasteiger charge is -2.15. The molecule has 0 aliphatic carbocycles. The summed E-state index contributed by atoms with van der Waals surface area (Å²) in [5.74, 6) is 0.522. The first-order valence-electron chi connectivity index (χ1n) is 9.58. The van der Waals surface area contributed by atoms with Crippen LogP contribution in [0.25, 0.3) is 6.08 Å². The van der Waals surface area contributed by atoms with E-state index in [0.717, 1.165) is 5.56 Å². The largest absolute Gasteiger partial charge is 0.493 e. The zero-order valence-electron chi connectivity index (χ0n) is 17.6. The number of nitrogens with zero attached hydrogens (tertiary/aromatic N) is 1. The predicted octanol–water partition coefficient (Wildman–Crippen LogP) is 3.98. The van der Waals surface area contributed by atoms with Crippen LogP contribution in [0.15, 0.2) is 48.5 Å². The highest BCUT2D eigenvalue weighted by atomic mass is 19.1. The van der Waals surface area contributed by atoms with Crippen molar-refractivity contribution >= 4 is 23.6 Å². The number of anilines is 1. The van der Waals surface area contributed by atoms with Gasteiger partial charge in [-0.05, 0) is 54.0 Å². The molecule has 1 N–H and O–H groups in total. The molecule has 6 nitrogen and oxygen atoms in total. The van der Waals surface area contributed by atoms with E-state index in [2.05, 4.69) is 19.2 Å². The third kappa shape index (κ3) is 7.24. The Kier molecular flexibility index (Phi) is 8.41. The maximum Gasteiger partial charge on any atom is 0.246 e. The third-order valence-corrected chi connectivity index (χ3v) is 4.06. The average Bonchev–Trinajstić information content (AvgIpc) is 2.72. The number of hydrogen-bond acceptors (Lipinski definition) is 4. The highest BCUT2D eigenvalue weighted by Gasteiger charge is 2.11. The van der Waals surface area contributed by atoms with Gasteiger partial charge >= 0.3 is 0 Å². The highest BCUT2D eigenvalue weighted by molar-refractivity contribution is 5.97. The van der Waals surface area contributed by atoms with E-state index in [0.29, 0.717) is 29.7 Å². The van der Waals surface area contributed by atoms with Gasteiger partial charge in [0.05, 0.1) is 20.3 Å². The molecule has 0 aliphatic heterocycles. The van der Waals surface area contributed by atoms with Gasteiger partial charge < -0.3 is 19.7 Å². The number of rotatable bonds is 9. The molecule has 0 saturated carbocycles. The number of carbonyl (C=O) groups is 2. The summed E-state index contributed by atoms with van der Waals surface area (Å²) >= 11 is 0. The summed E-state index contributed by atoms with van der Waals surface area (Å²) in [6.07, 6.45) is 3.03. The normalized spacial score (nSPS) is 10.9. The second kappa shape index (κ2) is 11.0. The molecule has 0 unspecified atom stereocenters. The van der Waals surface area contributed by atoms with Crippen molar-refractivity contribution in [2.75, 3.05) is 32.6 Å². The molecule has 0 atom stereocenters. The maximum atomic E-state index is 12.9. The van der Waals surface area contributed by atoms with Crippen LogP contribution in [-0.4, -0.2) is 44.0 Å². The predicted molar refractivity (Wildman–Crippen MR) is 115 cm³/mol. The van der Waals surface area contributed by atoms with Gasteiger partial charge in [0.2, 0.25) is 11.8 Å². The molecule has 0 spiro atoms. The van der Waals surface area contributed by atoms with Crippen molar-refractivity contribution in [3.05, 3.63) is 59.9 Å². The number of halogens is 1. The van der Waals surface area contributed by atoms with Crippen molar-refractivity contribution in [1.29, 1.82) is 0 Å². The van der Waals surface area contributed by atoms with E-state index >= 15 is 0 Å². The smallest absolute Gasteiger partial charge is 0.246 e. The standard InChI is InChI=1S/C23H27FN2O4/c1-16(2)15-30-20-11-5-17(13-21(20)29-4)6-12-23(28)26(3)14-22(27)25-19-9-7-18(24)8-10-19/h5-13,16H,14-15H2,1-4H3,(H,25,27)/b12-6+. The van der Waals surface area contributed by atoms with Crippen molar-refractivity contribution in [2.45, 2.75) is 13.8 Å². The van der Waals surface area contributed by atoms with E-state index < -0.39 is 0 Å². The van der Waals surface area contributed by atoms with Crippen LogP contribution in [0.1, 0.15) is 19.4 Å². The fourth-order valence-electron chi connectivity index (χ4n) is 2.49. The molecular formula is C23H27FN2O4. The van der Waals surface area contributed by atoms with Gasteiger partial charge in [-0.3, -0.25) is 9.59 Å². The summed E-state index contributed by atoms with van der Waals surface area (Å²) in [4.78, 5) is 25.6. The first kappa shape index (κ1) is 22.9. The lowest BCUT2D eigenvalue weighted by Crippen LogP contribution is -2.33. The number of nitrogens with one attached hydrogen (secondary N) is 1. The summed E-state index contributed by atoms with van der Waals surface area (Å²) in [7, 11) is 3.09. The minimum absolute atomic E-state index is 0.133. The average molecular weight is 414 g/mol. The molecule has 2 aromatic rings. The molecule has 2 rings (SSSR count). The summed E-state index contributed by atoms with van der Waals surface area (Å²) in [5.41, 5.74) is 1.23. The fourth-order valence-corrected chi connectivity index (χ4v) is 2.49. The molecule has 160 valence electrons. The Morgan fingerprint density at radius 2 is 1.83 bits per heavy atom. The molecular weight excluding hydrogens is 387 g/mol. The Balaban J connectivity index is 1.93. The number of ether oxygens (including phenoxy) is 2. The lowest BCUT2D eigenvalue weighted by atomic mass is 10.2. The molecule has 30 heavy (non-hydrogen) atoms. The minimum Gasteiger partial charge on any atom is -0.493 e. The molecule has 0 heterocycles. The summed E-state index contributed by atoms with van der Waals surface area (Å²) in [6, 6.07) is 10.8. The monoisotopic (exact) mass is 414 g/mol. The second-order valence-corrected chi connectivity index (χ2v) is 7.20.